The first kappa shape index (κ1) is 17.7. The van der Waals surface area contributed by atoms with E-state index in [0.29, 0.717) is 39.3 Å². The van der Waals surface area contributed by atoms with E-state index in [0.717, 1.165) is 0 Å². The lowest BCUT2D eigenvalue weighted by atomic mass is 9.94. The molecular weight excluding hydrogens is 314 g/mol. The molecule has 0 spiro atoms. The fourth-order valence-electron chi connectivity index (χ4n) is 2.89. The monoisotopic (exact) mass is 335 g/mol. The van der Waals surface area contributed by atoms with Gasteiger partial charge in [0, 0.05) is 22.0 Å². The number of carbonyl (C=O) groups is 1. The van der Waals surface area contributed by atoms with Crippen molar-refractivity contribution in [2.75, 3.05) is 28.4 Å². The normalized spacial score (nSPS) is 11.9. The Labute approximate surface area is 139 Å². The van der Waals surface area contributed by atoms with Crippen LogP contribution in [0.3, 0.4) is 0 Å². The quantitative estimate of drug-likeness (QED) is 0.843. The van der Waals surface area contributed by atoms with Gasteiger partial charge in [-0.05, 0) is 19.9 Å². The van der Waals surface area contributed by atoms with Crippen molar-refractivity contribution in [1.82, 2.24) is 4.98 Å². The van der Waals surface area contributed by atoms with Crippen LogP contribution < -0.4 is 19.8 Å². The van der Waals surface area contributed by atoms with Crippen LogP contribution in [0, 0.1) is 6.92 Å². The van der Waals surface area contributed by atoms with Crippen LogP contribution in [0.4, 0.5) is 0 Å². The summed E-state index contributed by atoms with van der Waals surface area (Å²) in [5.41, 5.74) is 0.544. The number of carbonyl (C=O) groups excluding carboxylic acids is 1. The maximum absolute atomic E-state index is 12.5. The Morgan fingerprint density at radius 3 is 2.21 bits per heavy atom. The molecule has 1 heterocycles. The standard InChI is InChI=1S/C17H21NO6/c1-8(17(20)24-6)12-10-7-11(21-3)14(22-4)15(23-5)13(10)9(2)18-16(12)19/h7-8H,1-6H3,(H,18,19). The van der Waals surface area contributed by atoms with Crippen molar-refractivity contribution in [3.8, 4) is 17.2 Å². The van der Waals surface area contributed by atoms with Crippen molar-refractivity contribution in [2.24, 2.45) is 0 Å². The molecule has 7 heteroatoms. The molecule has 1 unspecified atom stereocenters. The van der Waals surface area contributed by atoms with Gasteiger partial charge in [-0.25, -0.2) is 0 Å². The minimum atomic E-state index is -0.746. The topological polar surface area (TPSA) is 86.9 Å². The van der Waals surface area contributed by atoms with Gasteiger partial charge in [-0.3, -0.25) is 9.59 Å². The molecule has 1 aromatic carbocycles. The molecule has 130 valence electrons. The van der Waals surface area contributed by atoms with Gasteiger partial charge < -0.3 is 23.9 Å². The van der Waals surface area contributed by atoms with E-state index in [1.807, 2.05) is 0 Å². The summed E-state index contributed by atoms with van der Waals surface area (Å²) in [5.74, 6) is 0.00691. The first-order valence-electron chi connectivity index (χ1n) is 7.34. The molecule has 2 rings (SSSR count). The molecule has 0 aliphatic carbocycles. The largest absolute Gasteiger partial charge is 0.493 e. The first-order valence-corrected chi connectivity index (χ1v) is 7.34. The van der Waals surface area contributed by atoms with Gasteiger partial charge >= 0.3 is 5.97 Å². The predicted molar refractivity (Wildman–Crippen MR) is 89.4 cm³/mol. The number of fused-ring (bicyclic) bond motifs is 1. The van der Waals surface area contributed by atoms with E-state index in [-0.39, 0.29) is 5.56 Å². The van der Waals surface area contributed by atoms with Crippen LogP contribution >= 0.6 is 0 Å². The number of ether oxygens (including phenoxy) is 4. The molecule has 0 radical (unpaired) electrons. The summed E-state index contributed by atoms with van der Waals surface area (Å²) in [7, 11) is 5.79. The number of hydrogen-bond acceptors (Lipinski definition) is 6. The van der Waals surface area contributed by atoms with Crippen LogP contribution in [0.25, 0.3) is 10.8 Å². The Bertz CT molecular complexity index is 839. The number of pyridine rings is 1. The number of esters is 1. The van der Waals surface area contributed by atoms with Gasteiger partial charge in [-0.2, -0.15) is 0 Å². The second-order valence-corrected chi connectivity index (χ2v) is 5.31. The van der Waals surface area contributed by atoms with Crippen molar-refractivity contribution < 1.29 is 23.7 Å². The number of methoxy groups -OCH3 is 4. The van der Waals surface area contributed by atoms with Crippen LogP contribution in [0.2, 0.25) is 0 Å². The molecule has 0 aliphatic rings. The third-order valence-corrected chi connectivity index (χ3v) is 4.03. The Hall–Kier alpha value is -2.70. The summed E-state index contributed by atoms with van der Waals surface area (Å²) in [6, 6.07) is 1.67. The Morgan fingerprint density at radius 2 is 1.71 bits per heavy atom. The highest BCUT2D eigenvalue weighted by atomic mass is 16.5. The molecule has 0 saturated carbocycles. The van der Waals surface area contributed by atoms with Crippen molar-refractivity contribution in [2.45, 2.75) is 19.8 Å². The average molecular weight is 335 g/mol. The summed E-state index contributed by atoms with van der Waals surface area (Å²) in [5, 5.41) is 1.21. The highest BCUT2D eigenvalue weighted by Gasteiger charge is 2.26. The van der Waals surface area contributed by atoms with Crippen LogP contribution in [-0.2, 0) is 9.53 Å². The van der Waals surface area contributed by atoms with E-state index < -0.39 is 11.9 Å². The number of aryl methyl sites for hydroxylation is 1. The lowest BCUT2D eigenvalue weighted by molar-refractivity contribution is -0.141. The van der Waals surface area contributed by atoms with Crippen molar-refractivity contribution in [3.05, 3.63) is 27.7 Å². The number of rotatable bonds is 5. The Balaban J connectivity index is 3.01. The van der Waals surface area contributed by atoms with Gasteiger partial charge in [0.15, 0.2) is 11.5 Å². The second kappa shape index (κ2) is 6.82. The second-order valence-electron chi connectivity index (χ2n) is 5.31. The fraction of sp³-hybridized carbons (Fsp3) is 0.412. The van der Waals surface area contributed by atoms with E-state index in [4.69, 9.17) is 18.9 Å². The van der Waals surface area contributed by atoms with Gasteiger partial charge in [0.1, 0.15) is 0 Å². The van der Waals surface area contributed by atoms with Gasteiger partial charge in [0.05, 0.1) is 34.4 Å². The molecular formula is C17H21NO6. The molecule has 0 saturated heterocycles. The number of aromatic nitrogens is 1. The van der Waals surface area contributed by atoms with Crippen LogP contribution in [-0.4, -0.2) is 39.4 Å². The van der Waals surface area contributed by atoms with E-state index in [9.17, 15) is 9.59 Å². The molecule has 0 aliphatic heterocycles. The maximum Gasteiger partial charge on any atom is 0.313 e. The molecule has 7 nitrogen and oxygen atoms in total. The number of hydrogen-bond donors (Lipinski definition) is 1. The van der Waals surface area contributed by atoms with Gasteiger partial charge in [0.2, 0.25) is 5.75 Å². The lowest BCUT2D eigenvalue weighted by Gasteiger charge is -2.19. The summed E-state index contributed by atoms with van der Waals surface area (Å²) in [6.07, 6.45) is 0. The number of H-pyrrole nitrogens is 1. The first-order chi connectivity index (χ1) is 11.4. The minimum Gasteiger partial charge on any atom is -0.493 e. The van der Waals surface area contributed by atoms with E-state index in [2.05, 4.69) is 4.98 Å². The third-order valence-electron chi connectivity index (χ3n) is 4.03. The summed E-state index contributed by atoms with van der Waals surface area (Å²) in [6.45, 7) is 3.37. The van der Waals surface area contributed by atoms with Crippen molar-refractivity contribution in [3.63, 3.8) is 0 Å². The minimum absolute atomic E-state index is 0.293. The molecule has 0 fully saturated rings. The van der Waals surface area contributed by atoms with Crippen LogP contribution in [0.15, 0.2) is 10.9 Å². The lowest BCUT2D eigenvalue weighted by Crippen LogP contribution is -2.22. The number of benzene rings is 1. The molecule has 2 aromatic rings. The molecule has 1 aromatic heterocycles. The molecule has 24 heavy (non-hydrogen) atoms. The van der Waals surface area contributed by atoms with Gasteiger partial charge in [-0.15, -0.1) is 0 Å². The Kier molecular flexibility index (Phi) is 5.02. The van der Waals surface area contributed by atoms with E-state index >= 15 is 0 Å². The highest BCUT2D eigenvalue weighted by Crippen LogP contribution is 2.45. The van der Waals surface area contributed by atoms with Crippen LogP contribution in [0.5, 0.6) is 17.2 Å². The highest BCUT2D eigenvalue weighted by molar-refractivity contribution is 5.98. The molecule has 0 amide bonds. The predicted octanol–water partition coefficient (Wildman–Crippen LogP) is 2.14. The number of aromatic amines is 1. The van der Waals surface area contributed by atoms with Gasteiger partial charge in [0.25, 0.3) is 5.56 Å². The molecule has 1 N–H and O–H groups in total. The van der Waals surface area contributed by atoms with Crippen molar-refractivity contribution in [1.29, 1.82) is 0 Å². The third kappa shape index (κ3) is 2.66. The SMILES string of the molecule is COC(=O)C(C)c1c(=O)[nH]c(C)c2c(OC)c(OC)c(OC)cc12. The van der Waals surface area contributed by atoms with Crippen molar-refractivity contribution >= 4 is 16.7 Å². The summed E-state index contributed by atoms with van der Waals surface area (Å²) >= 11 is 0. The molecule has 1 atom stereocenters. The van der Waals surface area contributed by atoms with E-state index in [1.54, 1.807) is 19.9 Å². The average Bonchev–Trinajstić information content (AvgIpc) is 2.58. The summed E-state index contributed by atoms with van der Waals surface area (Å²) < 4.78 is 21.0. The van der Waals surface area contributed by atoms with Crippen LogP contribution in [0.1, 0.15) is 24.1 Å². The zero-order chi connectivity index (χ0) is 18.0. The zero-order valence-corrected chi connectivity index (χ0v) is 14.6. The molecule has 0 bridgehead atoms. The summed E-state index contributed by atoms with van der Waals surface area (Å²) in [4.78, 5) is 27.2. The maximum atomic E-state index is 12.5. The van der Waals surface area contributed by atoms with E-state index in [1.165, 1.54) is 28.4 Å². The Morgan fingerprint density at radius 1 is 1.08 bits per heavy atom. The number of nitrogens with one attached hydrogen (secondary N) is 1. The van der Waals surface area contributed by atoms with Gasteiger partial charge in [-0.1, -0.05) is 0 Å². The zero-order valence-electron chi connectivity index (χ0n) is 14.6. The fourth-order valence-corrected chi connectivity index (χ4v) is 2.89. The smallest absolute Gasteiger partial charge is 0.313 e.